The number of hydrogen-bond donors (Lipinski definition) is 0. The van der Waals surface area contributed by atoms with Crippen LogP contribution < -0.4 is 14.2 Å². The average molecular weight is 721 g/mol. The Morgan fingerprint density at radius 1 is 1.03 bits per heavy atom. The predicted molar refractivity (Wildman–Crippen MR) is 161 cm³/mol. The third-order valence-corrected chi connectivity index (χ3v) is 10.2. The zero-order valence-electron chi connectivity index (χ0n) is 20.4. The van der Waals surface area contributed by atoms with Crippen molar-refractivity contribution in [3.8, 4) is 17.2 Å². The van der Waals surface area contributed by atoms with E-state index in [4.69, 9.17) is 25.8 Å². The van der Waals surface area contributed by atoms with Crippen LogP contribution >= 0.6 is 56.8 Å². The highest BCUT2D eigenvalue weighted by Crippen LogP contribution is 2.46. The molecule has 3 rings (SSSR count). The summed E-state index contributed by atoms with van der Waals surface area (Å²) in [5.74, 6) is 1.08. The van der Waals surface area contributed by atoms with Gasteiger partial charge in [-0.25, -0.2) is 0 Å². The minimum atomic E-state index is -0.419. The molecule has 0 spiro atoms. The summed E-state index contributed by atoms with van der Waals surface area (Å²) in [6.45, 7) is 8.23. The summed E-state index contributed by atoms with van der Waals surface area (Å²) in [5.41, 5.74) is 2.34. The first-order chi connectivity index (χ1) is 16.7. The van der Waals surface area contributed by atoms with Crippen molar-refractivity contribution in [1.82, 2.24) is 0 Å². The van der Waals surface area contributed by atoms with Gasteiger partial charge in [-0.15, -0.1) is 0 Å². The van der Waals surface area contributed by atoms with Gasteiger partial charge in [0.15, 0.2) is 11.5 Å². The quantitative estimate of drug-likeness (QED) is 0.0860. The van der Waals surface area contributed by atoms with Crippen LogP contribution in [0.4, 0.5) is 0 Å². The Balaban J connectivity index is 2.05. The fraction of sp³-hybridized carbons (Fsp3) is 0.393. The molecule has 0 aliphatic heterocycles. The third-order valence-electron chi connectivity index (χ3n) is 5.75. The molecular weight excluding hydrogens is 690 g/mol. The molecule has 4 nitrogen and oxygen atoms in total. The summed E-state index contributed by atoms with van der Waals surface area (Å²) in [6, 6.07) is 15.7. The number of alkyl halides is 2. The van der Waals surface area contributed by atoms with E-state index in [9.17, 15) is 4.79 Å². The van der Waals surface area contributed by atoms with Crippen LogP contribution in [-0.4, -0.2) is 20.4 Å². The molecule has 0 bridgehead atoms. The van der Waals surface area contributed by atoms with Crippen LogP contribution in [0.25, 0.3) is 10.8 Å². The molecule has 0 radical (unpaired) electrons. The summed E-state index contributed by atoms with van der Waals surface area (Å²) in [6.07, 6.45) is 3.01. The summed E-state index contributed by atoms with van der Waals surface area (Å²) >= 11 is 11.5. The van der Waals surface area contributed by atoms with Crippen LogP contribution in [0.3, 0.4) is 0 Å². The second-order valence-electron chi connectivity index (χ2n) is 8.44. The van der Waals surface area contributed by atoms with E-state index in [0.717, 1.165) is 30.2 Å². The number of carbonyl (C=O) groups excluding carboxylic acids is 1. The first kappa shape index (κ1) is 28.3. The molecule has 0 aliphatic rings. The molecule has 0 fully saturated rings. The number of halogens is 3. The number of aryl methyl sites for hydroxylation is 1. The summed E-state index contributed by atoms with van der Waals surface area (Å²) < 4.78 is 19.2. The van der Waals surface area contributed by atoms with Gasteiger partial charge in [-0.3, -0.25) is 4.79 Å². The molecule has 0 heterocycles. The van der Waals surface area contributed by atoms with Crippen LogP contribution in [0, 0.1) is 0 Å². The Bertz CT molecular complexity index is 1150. The minimum absolute atomic E-state index is 0.224. The number of carbonyl (C=O) groups is 1. The fourth-order valence-corrected chi connectivity index (χ4v) is 5.45. The van der Waals surface area contributed by atoms with Crippen molar-refractivity contribution in [3.63, 3.8) is 0 Å². The Labute approximate surface area is 240 Å². The first-order valence-corrected chi connectivity index (χ1v) is 14.7. The van der Waals surface area contributed by atoms with Gasteiger partial charge in [-0.1, -0.05) is 113 Å². The van der Waals surface area contributed by atoms with Gasteiger partial charge in [0, 0.05) is 27.7 Å². The highest BCUT2D eigenvalue weighted by atomic mass is 127. The zero-order valence-corrected chi connectivity index (χ0v) is 25.5. The molecule has 3 atom stereocenters. The first-order valence-electron chi connectivity index (χ1n) is 11.8. The van der Waals surface area contributed by atoms with Crippen molar-refractivity contribution in [2.24, 2.45) is 0 Å². The maximum atomic E-state index is 11.9. The van der Waals surface area contributed by atoms with Gasteiger partial charge in [0.05, 0.1) is 8.95 Å². The Morgan fingerprint density at radius 3 is 2.37 bits per heavy atom. The molecule has 0 saturated carbocycles. The molecule has 3 aromatic rings. The largest absolute Gasteiger partial charge is 0.488 e. The van der Waals surface area contributed by atoms with Crippen molar-refractivity contribution in [2.75, 3.05) is 6.61 Å². The number of rotatable bonds is 11. The van der Waals surface area contributed by atoms with Gasteiger partial charge in [0.2, 0.25) is 0 Å². The maximum Gasteiger partial charge on any atom is 0.308 e. The molecule has 0 saturated heterocycles. The molecule has 0 amide bonds. The van der Waals surface area contributed by atoms with Crippen molar-refractivity contribution < 1.29 is 19.0 Å². The number of benzene rings is 3. The second-order valence-corrected chi connectivity index (χ2v) is 12.1. The summed E-state index contributed by atoms with van der Waals surface area (Å²) in [4.78, 5) is 11.9. The number of fused-ring (bicyclic) bond motifs is 1. The summed E-state index contributed by atoms with van der Waals surface area (Å²) in [7, 11) is 0. The molecule has 188 valence electrons. The smallest absolute Gasteiger partial charge is 0.308 e. The van der Waals surface area contributed by atoms with E-state index in [1.54, 1.807) is 12.1 Å². The lowest BCUT2D eigenvalue weighted by atomic mass is 10.1. The average Bonchev–Trinajstić information content (AvgIpc) is 2.83. The molecule has 0 N–H and O–H groups in total. The van der Waals surface area contributed by atoms with Gasteiger partial charge >= 0.3 is 5.97 Å². The van der Waals surface area contributed by atoms with Gasteiger partial charge in [0.25, 0.3) is 0 Å². The van der Waals surface area contributed by atoms with Crippen LogP contribution in [0.1, 0.15) is 57.8 Å². The van der Waals surface area contributed by atoms with Gasteiger partial charge in [-0.2, -0.15) is 0 Å². The van der Waals surface area contributed by atoms with Gasteiger partial charge in [-0.05, 0) is 37.0 Å². The van der Waals surface area contributed by atoms with Crippen molar-refractivity contribution in [3.05, 3.63) is 64.7 Å². The lowest BCUT2D eigenvalue weighted by Crippen LogP contribution is -2.22. The number of ether oxygens (including phenoxy) is 3. The lowest BCUT2D eigenvalue weighted by molar-refractivity contribution is -0.131. The SMILES string of the molecule is CCCC(I)C(I)COc1cc(OC(C)=O)c2c(Cl)cccc2c1OC(C)c1ccc(CC)cc1. The highest BCUT2D eigenvalue weighted by Gasteiger charge is 2.23. The van der Waals surface area contributed by atoms with Gasteiger partial charge < -0.3 is 14.2 Å². The Morgan fingerprint density at radius 2 is 1.74 bits per heavy atom. The normalized spacial score (nSPS) is 13.8. The zero-order chi connectivity index (χ0) is 25.5. The highest BCUT2D eigenvalue weighted by molar-refractivity contribution is 14.1. The van der Waals surface area contributed by atoms with Crippen LogP contribution in [0.15, 0.2) is 48.5 Å². The monoisotopic (exact) mass is 720 g/mol. The molecule has 35 heavy (non-hydrogen) atoms. The predicted octanol–water partition coefficient (Wildman–Crippen LogP) is 8.91. The summed E-state index contributed by atoms with van der Waals surface area (Å²) in [5, 5.41) is 1.86. The topological polar surface area (TPSA) is 44.8 Å². The van der Waals surface area contributed by atoms with E-state index in [2.05, 4.69) is 83.3 Å². The van der Waals surface area contributed by atoms with E-state index in [-0.39, 0.29) is 6.10 Å². The van der Waals surface area contributed by atoms with Crippen LogP contribution in [0.2, 0.25) is 5.02 Å². The molecule has 3 unspecified atom stereocenters. The maximum absolute atomic E-state index is 11.9. The molecule has 3 aromatic carbocycles. The van der Waals surface area contributed by atoms with Crippen molar-refractivity contribution in [2.45, 2.75) is 60.9 Å². The van der Waals surface area contributed by atoms with Crippen LogP contribution in [0.5, 0.6) is 17.2 Å². The van der Waals surface area contributed by atoms with E-state index in [0.29, 0.717) is 42.1 Å². The molecular formula is C28H31ClI2O4. The molecule has 0 aliphatic carbocycles. The van der Waals surface area contributed by atoms with Crippen molar-refractivity contribution in [1.29, 1.82) is 0 Å². The standard InChI is InChI=1S/C28H31ClI2O4/c1-5-8-23(30)24(31)16-33-26-15-25(35-18(4)32)27-21(9-7-10-22(27)29)28(26)34-17(3)20-13-11-19(6-2)12-14-20/h7,9-15,17,23-24H,5-6,8,16H2,1-4H3. The lowest BCUT2D eigenvalue weighted by Gasteiger charge is -2.23. The number of esters is 1. The minimum Gasteiger partial charge on any atom is -0.488 e. The fourth-order valence-electron chi connectivity index (χ4n) is 3.82. The third kappa shape index (κ3) is 7.38. The van der Waals surface area contributed by atoms with E-state index in [1.165, 1.54) is 12.5 Å². The number of hydrogen-bond acceptors (Lipinski definition) is 4. The molecule has 0 aromatic heterocycles. The van der Waals surface area contributed by atoms with E-state index >= 15 is 0 Å². The Hall–Kier alpha value is -1.26. The van der Waals surface area contributed by atoms with E-state index in [1.807, 2.05) is 19.1 Å². The molecule has 7 heteroatoms. The van der Waals surface area contributed by atoms with Crippen molar-refractivity contribution >= 4 is 73.5 Å². The van der Waals surface area contributed by atoms with E-state index < -0.39 is 5.97 Å². The second kappa shape index (κ2) is 13.3. The Kier molecular flexibility index (Phi) is 10.8. The van der Waals surface area contributed by atoms with Crippen LogP contribution in [-0.2, 0) is 11.2 Å². The van der Waals surface area contributed by atoms with Gasteiger partial charge in [0.1, 0.15) is 18.5 Å².